The molecule has 1 saturated carbocycles. The van der Waals surface area contributed by atoms with Crippen LogP contribution in [-0.2, 0) is 17.8 Å². The van der Waals surface area contributed by atoms with Crippen molar-refractivity contribution in [2.75, 3.05) is 0 Å². The fourth-order valence-corrected chi connectivity index (χ4v) is 4.68. The van der Waals surface area contributed by atoms with Crippen LogP contribution in [0.3, 0.4) is 0 Å². The average molecular weight is 525 g/mol. The fourth-order valence-electron chi connectivity index (χ4n) is 4.18. The van der Waals surface area contributed by atoms with Gasteiger partial charge >= 0.3 is 5.97 Å². The fraction of sp³-hybridized carbons (Fsp3) is 0.333. The van der Waals surface area contributed by atoms with E-state index in [2.05, 4.69) is 16.9 Å². The summed E-state index contributed by atoms with van der Waals surface area (Å²) in [5.74, 6) is 0.361. The third-order valence-corrected chi connectivity index (χ3v) is 6.95. The molecule has 0 spiro atoms. The molecule has 0 atom stereocenters. The summed E-state index contributed by atoms with van der Waals surface area (Å²) in [7, 11) is 0. The summed E-state index contributed by atoms with van der Waals surface area (Å²) in [5.41, 5.74) is 3.87. The highest BCUT2D eigenvalue weighted by Gasteiger charge is 2.41. The molecule has 2 aromatic heterocycles. The predicted molar refractivity (Wildman–Crippen MR) is 140 cm³/mol. The van der Waals surface area contributed by atoms with Crippen LogP contribution in [0.1, 0.15) is 50.2 Å². The molecule has 2 aromatic carbocycles. The second-order valence-corrected chi connectivity index (χ2v) is 10.3. The van der Waals surface area contributed by atoms with E-state index in [9.17, 15) is 4.79 Å². The van der Waals surface area contributed by atoms with Crippen molar-refractivity contribution in [3.63, 3.8) is 0 Å². The van der Waals surface area contributed by atoms with Crippen molar-refractivity contribution < 1.29 is 14.6 Å². The highest BCUT2D eigenvalue weighted by atomic mass is 35.5. The number of aryl methyl sites for hydroxylation is 1. The average Bonchev–Trinajstić information content (AvgIpc) is 3.45. The van der Waals surface area contributed by atoms with Crippen LogP contribution in [0.2, 0.25) is 10.0 Å². The van der Waals surface area contributed by atoms with E-state index in [-0.39, 0.29) is 12.0 Å². The van der Waals surface area contributed by atoms with Crippen molar-refractivity contribution in [3.8, 4) is 17.3 Å². The number of carboxylic acid groups (broad SMARTS) is 1. The first-order chi connectivity index (χ1) is 17.3. The van der Waals surface area contributed by atoms with Crippen LogP contribution < -0.4 is 4.74 Å². The Labute approximate surface area is 219 Å². The lowest BCUT2D eigenvalue weighted by Crippen LogP contribution is -2.13. The van der Waals surface area contributed by atoms with E-state index >= 15 is 0 Å². The number of benzene rings is 2. The number of hydrogen-bond donors (Lipinski definition) is 1. The number of carbonyl (C=O) groups is 1. The smallest absolute Gasteiger partial charge is 0.303 e. The molecule has 1 aliphatic carbocycles. The Morgan fingerprint density at radius 3 is 2.67 bits per heavy atom. The van der Waals surface area contributed by atoms with E-state index in [1.54, 1.807) is 0 Å². The van der Waals surface area contributed by atoms with Gasteiger partial charge in [-0.3, -0.25) is 4.79 Å². The molecule has 36 heavy (non-hydrogen) atoms. The Kier molecular flexibility index (Phi) is 6.86. The van der Waals surface area contributed by atoms with E-state index < -0.39 is 5.97 Å². The third-order valence-electron chi connectivity index (χ3n) is 6.41. The number of ether oxygens (including phenoxy) is 1. The molecule has 0 aliphatic heterocycles. The minimum absolute atomic E-state index is 0.170. The number of imidazole rings is 1. The zero-order chi connectivity index (χ0) is 25.3. The first-order valence-electron chi connectivity index (χ1n) is 12.0. The molecule has 5 rings (SSSR count). The molecule has 0 radical (unpaired) electrons. The van der Waals surface area contributed by atoms with Crippen LogP contribution in [0.5, 0.6) is 5.88 Å². The topological polar surface area (TPSA) is 90.1 Å². The molecule has 0 bridgehead atoms. The maximum Gasteiger partial charge on any atom is 0.303 e. The summed E-state index contributed by atoms with van der Waals surface area (Å²) < 4.78 is 8.21. The number of aromatic nitrogens is 4. The second kappa shape index (κ2) is 10.1. The predicted octanol–water partition coefficient (Wildman–Crippen LogP) is 6.58. The Morgan fingerprint density at radius 1 is 1.11 bits per heavy atom. The van der Waals surface area contributed by atoms with Gasteiger partial charge in [-0.15, -0.1) is 0 Å². The van der Waals surface area contributed by atoms with Crippen LogP contribution >= 0.6 is 23.2 Å². The van der Waals surface area contributed by atoms with E-state index in [1.807, 2.05) is 47.0 Å². The number of fused-ring (bicyclic) bond motifs is 1. The highest BCUT2D eigenvalue weighted by molar-refractivity contribution is 6.33. The van der Waals surface area contributed by atoms with Crippen molar-refractivity contribution in [2.45, 2.75) is 57.6 Å². The molecule has 0 saturated heterocycles. The molecule has 7 nitrogen and oxygen atoms in total. The monoisotopic (exact) mass is 524 g/mol. The van der Waals surface area contributed by atoms with Gasteiger partial charge in [0.05, 0.1) is 11.6 Å². The normalized spacial score (nSPS) is 14.2. The van der Waals surface area contributed by atoms with Gasteiger partial charge in [0, 0.05) is 17.0 Å². The van der Waals surface area contributed by atoms with Gasteiger partial charge in [-0.05, 0) is 74.4 Å². The number of aliphatic carboxylic acids is 1. The van der Waals surface area contributed by atoms with Crippen LogP contribution in [0.4, 0.5) is 0 Å². The molecule has 1 N–H and O–H groups in total. The van der Waals surface area contributed by atoms with E-state index in [1.165, 1.54) is 6.33 Å². The van der Waals surface area contributed by atoms with Crippen LogP contribution in [-0.4, -0.2) is 36.2 Å². The summed E-state index contributed by atoms with van der Waals surface area (Å²) in [6.07, 6.45) is 5.81. The summed E-state index contributed by atoms with van der Waals surface area (Å²) in [5, 5.41) is 10.1. The Hall–Kier alpha value is -3.16. The van der Waals surface area contributed by atoms with Crippen molar-refractivity contribution in [2.24, 2.45) is 0 Å². The lowest BCUT2D eigenvalue weighted by molar-refractivity contribution is -0.137. The van der Waals surface area contributed by atoms with Crippen molar-refractivity contribution in [1.82, 2.24) is 19.5 Å². The molecule has 0 unspecified atom stereocenters. The summed E-state index contributed by atoms with van der Waals surface area (Å²) in [6, 6.07) is 13.6. The van der Waals surface area contributed by atoms with Crippen molar-refractivity contribution >= 4 is 40.3 Å². The van der Waals surface area contributed by atoms with Gasteiger partial charge < -0.3 is 14.4 Å². The first kappa shape index (κ1) is 24.5. The molecule has 4 aromatic rings. The minimum Gasteiger partial charge on any atom is -0.481 e. The molecular weight excluding hydrogens is 499 g/mol. The Bertz CT molecular complexity index is 1430. The highest BCUT2D eigenvalue weighted by Crippen LogP contribution is 2.41. The SMILES string of the molecule is CC1(Oc2ncnc3c2nc(-c2ccc(CCCCC(=O)O)cc2Cl)n3Cc2cccc(Cl)c2)CC1. The summed E-state index contributed by atoms with van der Waals surface area (Å²) >= 11 is 13.0. The van der Waals surface area contributed by atoms with E-state index in [0.29, 0.717) is 45.9 Å². The van der Waals surface area contributed by atoms with Crippen LogP contribution in [0.15, 0.2) is 48.8 Å². The Morgan fingerprint density at radius 2 is 1.94 bits per heavy atom. The molecule has 1 aliphatic rings. The standard InChI is InChI=1S/C27H26Cl2N4O3/c1-27(11-12-27)36-26-23-25(30-16-31-26)33(15-18-6-4-7-19(28)13-18)24(32-23)20-10-9-17(14-21(20)29)5-2-3-8-22(34)35/h4,6-7,9-10,13-14,16H,2-3,5,8,11-12,15H2,1H3,(H,34,35). The van der Waals surface area contributed by atoms with Crippen LogP contribution in [0.25, 0.3) is 22.6 Å². The zero-order valence-electron chi connectivity index (χ0n) is 19.9. The molecule has 1 fully saturated rings. The van der Waals surface area contributed by atoms with Gasteiger partial charge in [-0.1, -0.05) is 41.4 Å². The van der Waals surface area contributed by atoms with Gasteiger partial charge in [0.2, 0.25) is 5.88 Å². The molecule has 9 heteroatoms. The van der Waals surface area contributed by atoms with Crippen LogP contribution in [0, 0.1) is 0 Å². The van der Waals surface area contributed by atoms with Gasteiger partial charge in [-0.2, -0.15) is 4.98 Å². The Balaban J connectivity index is 1.53. The first-order valence-corrected chi connectivity index (χ1v) is 12.7. The summed E-state index contributed by atoms with van der Waals surface area (Å²) in [6.45, 7) is 2.56. The number of hydrogen-bond acceptors (Lipinski definition) is 5. The van der Waals surface area contributed by atoms with Gasteiger partial charge in [0.15, 0.2) is 11.2 Å². The number of unbranched alkanes of at least 4 members (excludes halogenated alkanes) is 1. The van der Waals surface area contributed by atoms with Crippen molar-refractivity contribution in [3.05, 3.63) is 70.0 Å². The lowest BCUT2D eigenvalue weighted by Gasteiger charge is -2.12. The maximum atomic E-state index is 10.8. The minimum atomic E-state index is -0.774. The second-order valence-electron chi connectivity index (χ2n) is 9.47. The summed E-state index contributed by atoms with van der Waals surface area (Å²) in [4.78, 5) is 24.6. The van der Waals surface area contributed by atoms with Gasteiger partial charge in [-0.25, -0.2) is 9.97 Å². The molecule has 2 heterocycles. The number of nitrogens with zero attached hydrogens (tertiary/aromatic N) is 4. The molecule has 186 valence electrons. The maximum absolute atomic E-state index is 10.8. The van der Waals surface area contributed by atoms with Gasteiger partial charge in [0.25, 0.3) is 0 Å². The number of rotatable bonds is 10. The number of halogens is 2. The lowest BCUT2D eigenvalue weighted by atomic mass is 10.0. The van der Waals surface area contributed by atoms with E-state index in [0.717, 1.165) is 42.4 Å². The van der Waals surface area contributed by atoms with E-state index in [4.69, 9.17) is 38.0 Å². The van der Waals surface area contributed by atoms with Gasteiger partial charge in [0.1, 0.15) is 17.8 Å². The quantitative estimate of drug-likeness (QED) is 0.235. The molecular formula is C27H26Cl2N4O3. The zero-order valence-corrected chi connectivity index (χ0v) is 21.4. The third kappa shape index (κ3) is 5.47. The van der Waals surface area contributed by atoms with Crippen molar-refractivity contribution in [1.29, 1.82) is 0 Å². The molecule has 0 amide bonds. The number of carboxylic acids is 1. The largest absolute Gasteiger partial charge is 0.481 e.